The minimum absolute atomic E-state index is 0.0743. The van der Waals surface area contributed by atoms with Crippen LogP contribution in [0.15, 0.2) is 66.7 Å². The molecule has 0 aromatic heterocycles. The van der Waals surface area contributed by atoms with Crippen LogP contribution in [0.5, 0.6) is 11.5 Å². The lowest BCUT2D eigenvalue weighted by Gasteiger charge is -2.35. The van der Waals surface area contributed by atoms with Crippen molar-refractivity contribution < 1.29 is 19.4 Å². The minimum Gasteiger partial charge on any atom is -0.497 e. The number of hydrogen-bond donors (Lipinski definition) is 1. The van der Waals surface area contributed by atoms with Crippen LogP contribution in [0, 0.1) is 23.2 Å². The second-order valence-electron chi connectivity index (χ2n) is 10.4. The number of rotatable bonds is 10. The topological polar surface area (TPSA) is 82.8 Å². The lowest BCUT2D eigenvalue weighted by Crippen LogP contribution is -2.35. The molecule has 1 saturated carbocycles. The van der Waals surface area contributed by atoms with Crippen LogP contribution < -0.4 is 14.4 Å². The highest BCUT2D eigenvalue weighted by atomic mass is 16.5. The van der Waals surface area contributed by atoms with Gasteiger partial charge in [0.25, 0.3) is 0 Å². The van der Waals surface area contributed by atoms with Gasteiger partial charge in [-0.15, -0.1) is 0 Å². The number of ether oxygens (including phenoxy) is 2. The average Bonchev–Trinajstić information content (AvgIpc) is 3.80. The number of aliphatic carboxylic acids is 1. The molecule has 6 heteroatoms. The highest BCUT2D eigenvalue weighted by Gasteiger charge is 2.34. The first-order valence-electron chi connectivity index (χ1n) is 13.4. The Balaban J connectivity index is 1.23. The summed E-state index contributed by atoms with van der Waals surface area (Å²) in [6.07, 6.45) is 4.43. The second kappa shape index (κ2) is 11.6. The average molecular weight is 511 g/mol. The highest BCUT2D eigenvalue weighted by Crippen LogP contribution is 2.45. The van der Waals surface area contributed by atoms with Crippen LogP contribution >= 0.6 is 0 Å². The van der Waals surface area contributed by atoms with E-state index in [0.717, 1.165) is 72.6 Å². The predicted molar refractivity (Wildman–Crippen MR) is 148 cm³/mol. The molecule has 1 aliphatic heterocycles. The fourth-order valence-corrected chi connectivity index (χ4v) is 5.53. The summed E-state index contributed by atoms with van der Waals surface area (Å²) < 4.78 is 11.7. The SMILES string of the molecule is COc1ccc(-c2cccc(C#N)c2)c(N2CCC(COc3cccc(C(CC(=O)O)C4CC4)c3)CC2)c1. The molecule has 1 N–H and O–H groups in total. The van der Waals surface area contributed by atoms with Crippen LogP contribution in [0.2, 0.25) is 0 Å². The Labute approximate surface area is 224 Å². The van der Waals surface area contributed by atoms with Crippen LogP contribution in [-0.4, -0.2) is 37.9 Å². The van der Waals surface area contributed by atoms with E-state index >= 15 is 0 Å². The Bertz CT molecular complexity index is 1320. The van der Waals surface area contributed by atoms with Crippen molar-refractivity contribution in [2.24, 2.45) is 11.8 Å². The van der Waals surface area contributed by atoms with Gasteiger partial charge in [0.05, 0.1) is 31.8 Å². The number of benzene rings is 3. The molecule has 5 rings (SSSR count). The Morgan fingerprint density at radius 3 is 2.53 bits per heavy atom. The van der Waals surface area contributed by atoms with Gasteiger partial charge in [0.2, 0.25) is 0 Å². The molecular formula is C32H34N2O4. The smallest absolute Gasteiger partial charge is 0.303 e. The molecule has 1 heterocycles. The first-order valence-corrected chi connectivity index (χ1v) is 13.4. The molecule has 1 atom stereocenters. The van der Waals surface area contributed by atoms with E-state index in [4.69, 9.17) is 9.47 Å². The lowest BCUT2D eigenvalue weighted by atomic mass is 9.91. The van der Waals surface area contributed by atoms with Crippen molar-refractivity contribution in [3.05, 3.63) is 77.9 Å². The van der Waals surface area contributed by atoms with E-state index in [-0.39, 0.29) is 12.3 Å². The third-order valence-electron chi connectivity index (χ3n) is 7.82. The zero-order valence-corrected chi connectivity index (χ0v) is 21.8. The van der Waals surface area contributed by atoms with Gasteiger partial charge in [-0.25, -0.2) is 0 Å². The molecule has 0 amide bonds. The van der Waals surface area contributed by atoms with Gasteiger partial charge < -0.3 is 19.5 Å². The Morgan fingerprint density at radius 1 is 1.03 bits per heavy atom. The summed E-state index contributed by atoms with van der Waals surface area (Å²) in [6, 6.07) is 24.1. The van der Waals surface area contributed by atoms with Gasteiger partial charge in [-0.3, -0.25) is 4.79 Å². The molecule has 1 saturated heterocycles. The number of hydrogen-bond acceptors (Lipinski definition) is 5. The van der Waals surface area contributed by atoms with Gasteiger partial charge in [0.1, 0.15) is 11.5 Å². The molecule has 1 aliphatic carbocycles. The highest BCUT2D eigenvalue weighted by molar-refractivity contribution is 5.80. The fourth-order valence-electron chi connectivity index (χ4n) is 5.53. The van der Waals surface area contributed by atoms with E-state index < -0.39 is 5.97 Å². The maximum atomic E-state index is 11.4. The summed E-state index contributed by atoms with van der Waals surface area (Å²) in [5, 5.41) is 18.7. The Hall–Kier alpha value is -3.98. The first kappa shape index (κ1) is 25.7. The zero-order chi connectivity index (χ0) is 26.5. The number of anilines is 1. The number of carbonyl (C=O) groups is 1. The summed E-state index contributed by atoms with van der Waals surface area (Å²) in [5.74, 6) is 1.91. The first-order chi connectivity index (χ1) is 18.5. The van der Waals surface area contributed by atoms with Crippen molar-refractivity contribution in [1.29, 1.82) is 5.26 Å². The maximum Gasteiger partial charge on any atom is 0.303 e. The normalized spacial score (nSPS) is 16.5. The third-order valence-corrected chi connectivity index (χ3v) is 7.82. The molecule has 0 spiro atoms. The number of nitriles is 1. The molecule has 3 aromatic carbocycles. The summed E-state index contributed by atoms with van der Waals surface area (Å²) in [5.41, 5.74) is 4.97. The summed E-state index contributed by atoms with van der Waals surface area (Å²) >= 11 is 0. The van der Waals surface area contributed by atoms with Gasteiger partial charge in [-0.2, -0.15) is 5.26 Å². The lowest BCUT2D eigenvalue weighted by molar-refractivity contribution is -0.137. The van der Waals surface area contributed by atoms with E-state index in [1.807, 2.05) is 54.6 Å². The molecule has 196 valence electrons. The molecule has 2 aliphatic rings. The summed E-state index contributed by atoms with van der Waals surface area (Å²) in [7, 11) is 1.68. The molecule has 38 heavy (non-hydrogen) atoms. The third kappa shape index (κ3) is 6.11. The van der Waals surface area contributed by atoms with Gasteiger partial charge in [-0.05, 0) is 91.0 Å². The van der Waals surface area contributed by atoms with Crippen molar-refractivity contribution in [2.45, 2.75) is 38.0 Å². The second-order valence-corrected chi connectivity index (χ2v) is 10.4. The fraction of sp³-hybridized carbons (Fsp3) is 0.375. The van der Waals surface area contributed by atoms with Crippen molar-refractivity contribution in [3.8, 4) is 28.7 Å². The Morgan fingerprint density at radius 2 is 1.82 bits per heavy atom. The monoisotopic (exact) mass is 510 g/mol. The number of piperidine rings is 1. The number of carboxylic acids is 1. The van der Waals surface area contributed by atoms with Crippen molar-refractivity contribution in [3.63, 3.8) is 0 Å². The van der Waals surface area contributed by atoms with Gasteiger partial charge in [0, 0.05) is 30.4 Å². The number of methoxy groups -OCH3 is 1. The van der Waals surface area contributed by atoms with Crippen LogP contribution in [0.1, 0.15) is 49.1 Å². The molecule has 6 nitrogen and oxygen atoms in total. The molecule has 0 radical (unpaired) electrons. The van der Waals surface area contributed by atoms with Gasteiger partial charge >= 0.3 is 5.97 Å². The van der Waals surface area contributed by atoms with E-state index in [1.165, 1.54) is 0 Å². The van der Waals surface area contributed by atoms with E-state index in [9.17, 15) is 15.2 Å². The van der Waals surface area contributed by atoms with Crippen LogP contribution in [-0.2, 0) is 4.79 Å². The quantitative estimate of drug-likeness (QED) is 0.335. The van der Waals surface area contributed by atoms with Gasteiger partial charge in [-0.1, -0.05) is 24.3 Å². The molecule has 1 unspecified atom stereocenters. The number of nitrogens with zero attached hydrogens (tertiary/aromatic N) is 2. The van der Waals surface area contributed by atoms with Gasteiger partial charge in [0.15, 0.2) is 0 Å². The van der Waals surface area contributed by atoms with Crippen LogP contribution in [0.25, 0.3) is 11.1 Å². The molecular weight excluding hydrogens is 476 g/mol. The summed E-state index contributed by atoms with van der Waals surface area (Å²) in [4.78, 5) is 13.8. The zero-order valence-electron chi connectivity index (χ0n) is 21.8. The molecule has 0 bridgehead atoms. The van der Waals surface area contributed by atoms with E-state index in [0.29, 0.717) is 24.0 Å². The molecule has 3 aromatic rings. The minimum atomic E-state index is -0.739. The predicted octanol–water partition coefficient (Wildman–Crippen LogP) is 6.50. The van der Waals surface area contributed by atoms with Crippen LogP contribution in [0.3, 0.4) is 0 Å². The molecule has 2 fully saturated rings. The Kier molecular flexibility index (Phi) is 7.83. The van der Waals surface area contributed by atoms with Crippen LogP contribution in [0.4, 0.5) is 5.69 Å². The maximum absolute atomic E-state index is 11.4. The van der Waals surface area contributed by atoms with Crippen molar-refractivity contribution >= 4 is 11.7 Å². The van der Waals surface area contributed by atoms with E-state index in [2.05, 4.69) is 23.1 Å². The van der Waals surface area contributed by atoms with Crippen molar-refractivity contribution in [2.75, 3.05) is 31.7 Å². The summed E-state index contributed by atoms with van der Waals surface area (Å²) in [6.45, 7) is 2.47. The largest absolute Gasteiger partial charge is 0.497 e. The van der Waals surface area contributed by atoms with E-state index in [1.54, 1.807) is 7.11 Å². The standard InChI is InChI=1S/C32H34N2O4/c1-37-27-10-11-29(25-5-2-4-23(16-25)20-33)31(18-27)34-14-12-22(13-15-34)21-38-28-7-3-6-26(17-28)30(19-32(35)36)24-8-9-24/h2-7,10-11,16-18,22,24,30H,8-9,12-15,19,21H2,1H3,(H,35,36). The van der Waals surface area contributed by atoms with Crippen molar-refractivity contribution in [1.82, 2.24) is 0 Å². The number of carboxylic acid groups (broad SMARTS) is 1.